The molecule has 0 saturated heterocycles. The molecule has 90 valence electrons. The van der Waals surface area contributed by atoms with Crippen LogP contribution in [0.5, 0.6) is 0 Å². The van der Waals surface area contributed by atoms with Crippen LogP contribution in [-0.2, 0) is 6.42 Å². The van der Waals surface area contributed by atoms with E-state index in [1.165, 1.54) is 0 Å². The van der Waals surface area contributed by atoms with Crippen molar-refractivity contribution in [3.8, 4) is 0 Å². The molecule has 3 aromatic rings. The normalized spacial score (nSPS) is 10.9. The molecule has 0 radical (unpaired) electrons. The van der Waals surface area contributed by atoms with Crippen LogP contribution >= 0.6 is 0 Å². The van der Waals surface area contributed by atoms with Crippen molar-refractivity contribution in [3.63, 3.8) is 0 Å². The lowest BCUT2D eigenvalue weighted by Crippen LogP contribution is -1.96. The predicted octanol–water partition coefficient (Wildman–Crippen LogP) is 2.44. The Morgan fingerprint density at radius 3 is 2.94 bits per heavy atom. The fourth-order valence-corrected chi connectivity index (χ4v) is 2.01. The van der Waals surface area contributed by atoms with Gasteiger partial charge in [-0.3, -0.25) is 0 Å². The summed E-state index contributed by atoms with van der Waals surface area (Å²) in [6.45, 7) is 2.02. The van der Waals surface area contributed by atoms with Gasteiger partial charge in [0.25, 0.3) is 0 Å². The molecule has 0 spiro atoms. The number of H-pyrrole nitrogens is 1. The third-order valence-corrected chi connectivity index (χ3v) is 2.94. The first-order valence-corrected chi connectivity index (χ1v) is 5.87. The van der Waals surface area contributed by atoms with E-state index in [9.17, 15) is 0 Å². The van der Waals surface area contributed by atoms with Gasteiger partial charge in [-0.1, -0.05) is 18.2 Å². The van der Waals surface area contributed by atoms with Crippen molar-refractivity contribution in [2.45, 2.75) is 13.3 Å². The monoisotopic (exact) mass is 238 g/mol. The first-order chi connectivity index (χ1) is 8.72. The van der Waals surface area contributed by atoms with Crippen molar-refractivity contribution in [1.29, 1.82) is 0 Å². The van der Waals surface area contributed by atoms with Crippen LogP contribution in [0.1, 0.15) is 17.0 Å². The molecule has 0 fully saturated rings. The van der Waals surface area contributed by atoms with E-state index in [4.69, 9.17) is 5.73 Å². The van der Waals surface area contributed by atoms with E-state index < -0.39 is 0 Å². The number of fused-ring (bicyclic) bond motifs is 1. The second-order valence-electron chi connectivity index (χ2n) is 4.44. The number of hydrogen-bond acceptors (Lipinski definition) is 3. The fourth-order valence-electron chi connectivity index (χ4n) is 2.01. The van der Waals surface area contributed by atoms with Crippen molar-refractivity contribution in [3.05, 3.63) is 53.5 Å². The van der Waals surface area contributed by atoms with Crippen LogP contribution in [0, 0.1) is 6.92 Å². The molecule has 4 nitrogen and oxygen atoms in total. The number of anilines is 1. The molecular weight excluding hydrogens is 224 g/mol. The molecule has 4 heteroatoms. The first-order valence-electron chi connectivity index (χ1n) is 5.87. The zero-order chi connectivity index (χ0) is 12.5. The largest absolute Gasteiger partial charge is 0.398 e. The van der Waals surface area contributed by atoms with E-state index in [0.717, 1.165) is 33.8 Å². The molecule has 0 atom stereocenters. The highest BCUT2D eigenvalue weighted by molar-refractivity contribution is 5.71. The maximum Gasteiger partial charge on any atom is 0.177 e. The van der Waals surface area contributed by atoms with Crippen LogP contribution < -0.4 is 5.73 Å². The summed E-state index contributed by atoms with van der Waals surface area (Å²) in [5, 5.41) is 0. The van der Waals surface area contributed by atoms with Gasteiger partial charge in [0, 0.05) is 18.3 Å². The standard InChI is InChI=1S/C14H14N4/c1-9-6-12-14(16-8-9)18-13(17-12)7-10-4-2-3-5-11(10)15/h2-6,8H,7,15H2,1H3,(H,16,17,18). The van der Waals surface area contributed by atoms with Crippen LogP contribution in [0.15, 0.2) is 36.5 Å². The summed E-state index contributed by atoms with van der Waals surface area (Å²) in [5.41, 5.74) is 10.6. The van der Waals surface area contributed by atoms with Gasteiger partial charge in [0.1, 0.15) is 5.82 Å². The van der Waals surface area contributed by atoms with E-state index >= 15 is 0 Å². The molecule has 0 aliphatic rings. The number of nitrogens with one attached hydrogen (secondary N) is 1. The second kappa shape index (κ2) is 4.14. The number of aryl methyl sites for hydroxylation is 1. The number of hydrogen-bond donors (Lipinski definition) is 2. The number of benzene rings is 1. The molecule has 18 heavy (non-hydrogen) atoms. The lowest BCUT2D eigenvalue weighted by atomic mass is 10.1. The molecule has 0 amide bonds. The summed E-state index contributed by atoms with van der Waals surface area (Å²) in [6, 6.07) is 9.88. The van der Waals surface area contributed by atoms with Crippen molar-refractivity contribution in [1.82, 2.24) is 15.0 Å². The van der Waals surface area contributed by atoms with E-state index in [0.29, 0.717) is 6.42 Å². The van der Waals surface area contributed by atoms with E-state index in [2.05, 4.69) is 15.0 Å². The summed E-state index contributed by atoms with van der Waals surface area (Å²) in [6.07, 6.45) is 2.52. The van der Waals surface area contributed by atoms with Gasteiger partial charge in [-0.05, 0) is 30.2 Å². The maximum atomic E-state index is 5.93. The zero-order valence-electron chi connectivity index (χ0n) is 10.1. The molecule has 0 aliphatic heterocycles. The minimum absolute atomic E-state index is 0.697. The third kappa shape index (κ3) is 1.93. The SMILES string of the molecule is Cc1cnc2nc(Cc3ccccc3N)[nH]c2c1. The van der Waals surface area contributed by atoms with Crippen molar-refractivity contribution in [2.75, 3.05) is 5.73 Å². The third-order valence-electron chi connectivity index (χ3n) is 2.94. The predicted molar refractivity (Wildman–Crippen MR) is 72.3 cm³/mol. The lowest BCUT2D eigenvalue weighted by molar-refractivity contribution is 1.04. The average Bonchev–Trinajstić information content (AvgIpc) is 2.73. The summed E-state index contributed by atoms with van der Waals surface area (Å²) in [7, 11) is 0. The quantitative estimate of drug-likeness (QED) is 0.674. The number of aromatic nitrogens is 3. The summed E-state index contributed by atoms with van der Waals surface area (Å²) in [5.74, 6) is 0.890. The fraction of sp³-hybridized carbons (Fsp3) is 0.143. The molecule has 2 heterocycles. The Bertz CT molecular complexity index is 700. The number of para-hydroxylation sites is 1. The molecule has 0 saturated carbocycles. The number of nitrogen functional groups attached to an aromatic ring is 1. The van der Waals surface area contributed by atoms with Crippen molar-refractivity contribution in [2.24, 2.45) is 0 Å². The van der Waals surface area contributed by atoms with Crippen LogP contribution in [-0.4, -0.2) is 15.0 Å². The Balaban J connectivity index is 1.98. The molecule has 0 aliphatic carbocycles. The zero-order valence-corrected chi connectivity index (χ0v) is 10.1. The Morgan fingerprint density at radius 2 is 2.11 bits per heavy atom. The average molecular weight is 238 g/mol. The summed E-state index contributed by atoms with van der Waals surface area (Å²) >= 11 is 0. The van der Waals surface area contributed by atoms with Gasteiger partial charge in [-0.15, -0.1) is 0 Å². The highest BCUT2D eigenvalue weighted by Gasteiger charge is 2.06. The number of rotatable bonds is 2. The van der Waals surface area contributed by atoms with Gasteiger partial charge in [0.05, 0.1) is 5.52 Å². The molecule has 2 aromatic heterocycles. The van der Waals surface area contributed by atoms with Crippen LogP contribution in [0.3, 0.4) is 0 Å². The molecule has 3 N–H and O–H groups in total. The first kappa shape index (κ1) is 10.8. The molecule has 3 rings (SSSR count). The number of aromatic amines is 1. The number of pyridine rings is 1. The van der Waals surface area contributed by atoms with Gasteiger partial charge in [-0.25, -0.2) is 9.97 Å². The maximum absolute atomic E-state index is 5.93. The van der Waals surface area contributed by atoms with Gasteiger partial charge in [-0.2, -0.15) is 0 Å². The van der Waals surface area contributed by atoms with Crippen molar-refractivity contribution >= 4 is 16.9 Å². The van der Waals surface area contributed by atoms with Crippen molar-refractivity contribution < 1.29 is 0 Å². The Morgan fingerprint density at radius 1 is 1.28 bits per heavy atom. The molecular formula is C14H14N4. The van der Waals surface area contributed by atoms with Gasteiger partial charge in [0.15, 0.2) is 5.65 Å². The van der Waals surface area contributed by atoms with Gasteiger partial charge >= 0.3 is 0 Å². The number of nitrogens with two attached hydrogens (primary N) is 1. The topological polar surface area (TPSA) is 67.6 Å². The highest BCUT2D eigenvalue weighted by Crippen LogP contribution is 2.16. The summed E-state index contributed by atoms with van der Waals surface area (Å²) < 4.78 is 0. The van der Waals surface area contributed by atoms with E-state index in [1.54, 1.807) is 0 Å². The minimum atomic E-state index is 0.697. The van der Waals surface area contributed by atoms with Crippen LogP contribution in [0.25, 0.3) is 11.2 Å². The van der Waals surface area contributed by atoms with Gasteiger partial charge < -0.3 is 10.7 Å². The number of nitrogens with zero attached hydrogens (tertiary/aromatic N) is 2. The minimum Gasteiger partial charge on any atom is -0.398 e. The molecule has 1 aromatic carbocycles. The second-order valence-corrected chi connectivity index (χ2v) is 4.44. The summed E-state index contributed by atoms with van der Waals surface area (Å²) in [4.78, 5) is 12.0. The van der Waals surface area contributed by atoms with E-state index in [1.807, 2.05) is 43.5 Å². The van der Waals surface area contributed by atoms with Crippen LogP contribution in [0.2, 0.25) is 0 Å². The van der Waals surface area contributed by atoms with Gasteiger partial charge in [0.2, 0.25) is 0 Å². The Hall–Kier alpha value is -2.36. The van der Waals surface area contributed by atoms with Crippen LogP contribution in [0.4, 0.5) is 5.69 Å². The Kier molecular flexibility index (Phi) is 2.48. The molecule has 0 unspecified atom stereocenters. The Labute approximate surface area is 105 Å². The smallest absolute Gasteiger partial charge is 0.177 e. The lowest BCUT2D eigenvalue weighted by Gasteiger charge is -2.01. The highest BCUT2D eigenvalue weighted by atomic mass is 15.0. The number of imidazole rings is 1. The molecule has 0 bridgehead atoms. The van der Waals surface area contributed by atoms with E-state index in [-0.39, 0.29) is 0 Å².